The molecule has 0 atom stereocenters. The zero-order valence-corrected chi connectivity index (χ0v) is 13.2. The van der Waals surface area contributed by atoms with Crippen molar-refractivity contribution in [2.45, 2.75) is 20.8 Å². The van der Waals surface area contributed by atoms with Gasteiger partial charge in [0.2, 0.25) is 0 Å². The highest BCUT2D eigenvalue weighted by Gasteiger charge is 2.26. The maximum Gasteiger partial charge on any atom is 0.289 e. The maximum absolute atomic E-state index is 12.7. The van der Waals surface area contributed by atoms with Crippen LogP contribution in [-0.2, 0) is 0 Å². The van der Waals surface area contributed by atoms with Crippen molar-refractivity contribution in [3.8, 4) is 0 Å². The summed E-state index contributed by atoms with van der Waals surface area (Å²) in [4.78, 5) is 16.8. The number of carbonyl (C=O) groups is 1. The molecule has 2 aromatic rings. The molecule has 0 aliphatic carbocycles. The summed E-state index contributed by atoms with van der Waals surface area (Å²) in [5.74, 6) is 0.525. The molecule has 1 aliphatic heterocycles. The molecular formula is C17H22N2O2. The quantitative estimate of drug-likeness (QED) is 0.809. The Morgan fingerprint density at radius 1 is 1.05 bits per heavy atom. The number of carbonyl (C=O) groups excluding carboxylic acids is 1. The fraction of sp³-hybridized carbons (Fsp3) is 0.471. The summed E-state index contributed by atoms with van der Waals surface area (Å²) in [6.45, 7) is 9.46. The molecule has 4 heteroatoms. The van der Waals surface area contributed by atoms with Gasteiger partial charge in [-0.05, 0) is 38.9 Å². The van der Waals surface area contributed by atoms with Gasteiger partial charge in [-0.2, -0.15) is 0 Å². The molecule has 1 amide bonds. The lowest BCUT2D eigenvalue weighted by atomic mass is 10.0. The molecule has 0 unspecified atom stereocenters. The molecule has 1 aliphatic rings. The van der Waals surface area contributed by atoms with Crippen molar-refractivity contribution < 1.29 is 9.21 Å². The fourth-order valence-electron chi connectivity index (χ4n) is 2.88. The first-order valence-corrected chi connectivity index (χ1v) is 7.46. The van der Waals surface area contributed by atoms with Crippen LogP contribution in [0.4, 0.5) is 0 Å². The van der Waals surface area contributed by atoms with Crippen molar-refractivity contribution in [1.29, 1.82) is 0 Å². The van der Waals surface area contributed by atoms with Gasteiger partial charge in [0.25, 0.3) is 5.91 Å². The number of rotatable bonds is 1. The minimum Gasteiger partial charge on any atom is -0.450 e. The maximum atomic E-state index is 12.7. The molecule has 0 spiro atoms. The number of furan rings is 1. The number of piperazine rings is 1. The van der Waals surface area contributed by atoms with Gasteiger partial charge in [-0.3, -0.25) is 4.79 Å². The van der Waals surface area contributed by atoms with Gasteiger partial charge in [-0.15, -0.1) is 0 Å². The van der Waals surface area contributed by atoms with Gasteiger partial charge >= 0.3 is 0 Å². The van der Waals surface area contributed by atoms with Gasteiger partial charge in [0.15, 0.2) is 5.76 Å². The zero-order valence-electron chi connectivity index (χ0n) is 13.2. The minimum atomic E-state index is 0.0221. The Kier molecular flexibility index (Phi) is 3.49. The van der Waals surface area contributed by atoms with E-state index in [1.807, 2.05) is 18.7 Å². The summed E-state index contributed by atoms with van der Waals surface area (Å²) in [7, 11) is 2.08. The molecule has 4 nitrogen and oxygen atoms in total. The zero-order chi connectivity index (χ0) is 15.1. The second kappa shape index (κ2) is 5.19. The van der Waals surface area contributed by atoms with Gasteiger partial charge in [0.1, 0.15) is 5.58 Å². The molecule has 3 rings (SSSR count). The number of hydrogen-bond donors (Lipinski definition) is 0. The highest BCUT2D eigenvalue weighted by atomic mass is 16.3. The first-order valence-electron chi connectivity index (χ1n) is 7.46. The lowest BCUT2D eigenvalue weighted by Gasteiger charge is -2.31. The Morgan fingerprint density at radius 3 is 2.38 bits per heavy atom. The summed E-state index contributed by atoms with van der Waals surface area (Å²) in [5, 5.41) is 1.05. The van der Waals surface area contributed by atoms with Gasteiger partial charge in [-0.25, -0.2) is 0 Å². The monoisotopic (exact) mass is 286 g/mol. The molecule has 0 N–H and O–H groups in total. The standard InChI is InChI=1S/C17H22N2O2/c1-11-5-6-14-13(3)16(21-15(14)12(11)2)17(20)19-9-7-18(4)8-10-19/h5-6H,7-10H2,1-4H3. The number of nitrogens with zero attached hydrogens (tertiary/aromatic N) is 2. The SMILES string of the molecule is Cc1ccc2c(C)c(C(=O)N3CCN(C)CC3)oc2c1C. The lowest BCUT2D eigenvalue weighted by Crippen LogP contribution is -2.47. The van der Waals surface area contributed by atoms with Gasteiger partial charge < -0.3 is 14.2 Å². The van der Waals surface area contributed by atoms with Crippen LogP contribution in [0.3, 0.4) is 0 Å². The van der Waals surface area contributed by atoms with E-state index in [1.165, 1.54) is 5.56 Å². The Balaban J connectivity index is 1.99. The lowest BCUT2D eigenvalue weighted by molar-refractivity contribution is 0.0634. The Labute approximate surface area is 125 Å². The molecule has 0 radical (unpaired) electrons. The van der Waals surface area contributed by atoms with E-state index in [0.717, 1.165) is 48.3 Å². The van der Waals surface area contributed by atoms with E-state index in [-0.39, 0.29) is 5.91 Å². The molecule has 1 aromatic carbocycles. The first kappa shape index (κ1) is 14.1. The van der Waals surface area contributed by atoms with Gasteiger partial charge in [0.05, 0.1) is 0 Å². The smallest absolute Gasteiger partial charge is 0.289 e. The van der Waals surface area contributed by atoms with Crippen LogP contribution in [0.1, 0.15) is 27.2 Å². The van der Waals surface area contributed by atoms with E-state index in [0.29, 0.717) is 5.76 Å². The molecule has 2 heterocycles. The minimum absolute atomic E-state index is 0.0221. The second-order valence-electron chi connectivity index (χ2n) is 6.04. The number of aryl methyl sites for hydroxylation is 3. The molecule has 0 saturated carbocycles. The molecule has 0 bridgehead atoms. The summed E-state index contributed by atoms with van der Waals surface area (Å²) in [6, 6.07) is 4.14. The molecule has 1 aromatic heterocycles. The summed E-state index contributed by atoms with van der Waals surface area (Å²) >= 11 is 0. The van der Waals surface area contributed by atoms with Crippen LogP contribution in [0.25, 0.3) is 11.0 Å². The van der Waals surface area contributed by atoms with Gasteiger partial charge in [-0.1, -0.05) is 12.1 Å². The number of likely N-dealkylation sites (N-methyl/N-ethyl adjacent to an activating group) is 1. The Hall–Kier alpha value is -1.81. The van der Waals surface area contributed by atoms with Crippen molar-refractivity contribution in [3.63, 3.8) is 0 Å². The number of benzene rings is 1. The van der Waals surface area contributed by atoms with Crippen molar-refractivity contribution in [1.82, 2.24) is 9.80 Å². The highest BCUT2D eigenvalue weighted by molar-refractivity contribution is 5.99. The first-order chi connectivity index (χ1) is 9.99. The molecule has 21 heavy (non-hydrogen) atoms. The van der Waals surface area contributed by atoms with Crippen molar-refractivity contribution in [2.24, 2.45) is 0 Å². The Bertz CT molecular complexity index is 694. The summed E-state index contributed by atoms with van der Waals surface area (Å²) in [6.07, 6.45) is 0. The highest BCUT2D eigenvalue weighted by Crippen LogP contribution is 2.30. The number of amides is 1. The van der Waals surface area contributed by atoms with Crippen molar-refractivity contribution in [2.75, 3.05) is 33.2 Å². The average Bonchev–Trinajstić information content (AvgIpc) is 2.81. The topological polar surface area (TPSA) is 36.7 Å². The van der Waals surface area contributed by atoms with E-state index in [4.69, 9.17) is 4.42 Å². The third kappa shape index (κ3) is 2.33. The third-order valence-corrected chi connectivity index (χ3v) is 4.61. The summed E-state index contributed by atoms with van der Waals surface area (Å²) < 4.78 is 5.95. The van der Waals surface area contributed by atoms with E-state index < -0.39 is 0 Å². The van der Waals surface area contributed by atoms with Crippen LogP contribution >= 0.6 is 0 Å². The van der Waals surface area contributed by atoms with Crippen molar-refractivity contribution >= 4 is 16.9 Å². The van der Waals surface area contributed by atoms with Crippen LogP contribution in [0.5, 0.6) is 0 Å². The second-order valence-corrected chi connectivity index (χ2v) is 6.04. The molecular weight excluding hydrogens is 264 g/mol. The molecule has 112 valence electrons. The fourth-order valence-corrected chi connectivity index (χ4v) is 2.88. The van der Waals surface area contributed by atoms with Crippen LogP contribution in [-0.4, -0.2) is 48.9 Å². The number of fused-ring (bicyclic) bond motifs is 1. The van der Waals surface area contributed by atoms with Gasteiger partial charge in [0, 0.05) is 37.1 Å². The van der Waals surface area contributed by atoms with Crippen LogP contribution in [0.15, 0.2) is 16.5 Å². The van der Waals surface area contributed by atoms with E-state index in [1.54, 1.807) is 0 Å². The predicted octanol–water partition coefficient (Wildman–Crippen LogP) is 2.75. The molecule has 1 saturated heterocycles. The number of hydrogen-bond acceptors (Lipinski definition) is 3. The van der Waals surface area contributed by atoms with Crippen LogP contribution in [0, 0.1) is 20.8 Å². The average molecular weight is 286 g/mol. The Morgan fingerprint density at radius 2 is 1.71 bits per heavy atom. The van der Waals surface area contributed by atoms with E-state index in [9.17, 15) is 4.79 Å². The predicted molar refractivity (Wildman–Crippen MR) is 83.8 cm³/mol. The summed E-state index contributed by atoms with van der Waals surface area (Å²) in [5.41, 5.74) is 4.12. The largest absolute Gasteiger partial charge is 0.450 e. The van der Waals surface area contributed by atoms with Crippen LogP contribution < -0.4 is 0 Å². The van der Waals surface area contributed by atoms with E-state index in [2.05, 4.69) is 31.0 Å². The normalized spacial score (nSPS) is 16.7. The third-order valence-electron chi connectivity index (χ3n) is 4.61. The van der Waals surface area contributed by atoms with E-state index >= 15 is 0 Å². The van der Waals surface area contributed by atoms with Crippen LogP contribution in [0.2, 0.25) is 0 Å². The molecule has 1 fully saturated rings. The van der Waals surface area contributed by atoms with Crippen molar-refractivity contribution in [3.05, 3.63) is 34.6 Å².